The number of unbranched alkanes of at least 4 members (excludes halogenated alkanes) is 1. The predicted octanol–water partition coefficient (Wildman–Crippen LogP) is 2.94. The summed E-state index contributed by atoms with van der Waals surface area (Å²) in [5.74, 6) is -0.359. The Balaban J connectivity index is 2.61. The van der Waals surface area contributed by atoms with Crippen LogP contribution in [0.2, 0.25) is 0 Å². The van der Waals surface area contributed by atoms with Crippen molar-refractivity contribution >= 4 is 11.8 Å². The monoisotopic (exact) mass is 348 g/mol. The lowest BCUT2D eigenvalue weighted by atomic mass is 10.0. The van der Waals surface area contributed by atoms with Crippen molar-refractivity contribution in [1.29, 1.82) is 0 Å². The third-order valence-electron chi connectivity index (χ3n) is 4.10. The fourth-order valence-corrected chi connectivity index (χ4v) is 2.50. The van der Waals surface area contributed by atoms with E-state index in [2.05, 4.69) is 17.6 Å². The number of methoxy groups -OCH3 is 1. The number of amides is 2. The molecule has 5 heteroatoms. The zero-order valence-electron chi connectivity index (χ0n) is 15.9. The highest BCUT2D eigenvalue weighted by Gasteiger charge is 2.24. The van der Waals surface area contributed by atoms with Crippen molar-refractivity contribution in [1.82, 2.24) is 10.6 Å². The second kappa shape index (κ2) is 11.6. The number of ether oxygens (including phenoxy) is 1. The number of aryl methyl sites for hydroxylation is 1. The van der Waals surface area contributed by atoms with E-state index >= 15 is 0 Å². The van der Waals surface area contributed by atoms with Gasteiger partial charge in [-0.05, 0) is 42.9 Å². The van der Waals surface area contributed by atoms with Crippen molar-refractivity contribution in [2.45, 2.75) is 52.5 Å². The molecule has 1 rings (SSSR count). The van der Waals surface area contributed by atoms with Gasteiger partial charge in [0, 0.05) is 25.8 Å². The fraction of sp³-hybridized carbons (Fsp3) is 0.600. The van der Waals surface area contributed by atoms with Crippen LogP contribution >= 0.6 is 0 Å². The fourth-order valence-electron chi connectivity index (χ4n) is 2.50. The summed E-state index contributed by atoms with van der Waals surface area (Å²) in [5, 5.41) is 5.71. The second-order valence-electron chi connectivity index (χ2n) is 6.63. The Morgan fingerprint density at radius 1 is 1.12 bits per heavy atom. The average molecular weight is 348 g/mol. The average Bonchev–Trinajstić information content (AvgIpc) is 2.61. The lowest BCUT2D eigenvalue weighted by Crippen LogP contribution is -2.50. The molecule has 1 atom stereocenters. The van der Waals surface area contributed by atoms with Gasteiger partial charge in [0.15, 0.2) is 0 Å². The predicted molar refractivity (Wildman–Crippen MR) is 101 cm³/mol. The van der Waals surface area contributed by atoms with Crippen LogP contribution in [-0.2, 0) is 16.0 Å². The van der Waals surface area contributed by atoms with Gasteiger partial charge in [0.2, 0.25) is 5.91 Å². The molecule has 1 aromatic carbocycles. The van der Waals surface area contributed by atoms with E-state index in [1.807, 2.05) is 38.1 Å². The molecule has 0 aliphatic rings. The van der Waals surface area contributed by atoms with Crippen LogP contribution in [0, 0.1) is 5.92 Å². The Labute approximate surface area is 151 Å². The molecular formula is C20H32N2O3. The molecule has 0 aliphatic carbocycles. The number of hydrogen-bond donors (Lipinski definition) is 2. The second-order valence-corrected chi connectivity index (χ2v) is 6.63. The number of carbonyl (C=O) groups excluding carboxylic acids is 2. The molecule has 0 fully saturated rings. The van der Waals surface area contributed by atoms with Crippen LogP contribution in [-0.4, -0.2) is 38.1 Å². The summed E-state index contributed by atoms with van der Waals surface area (Å²) in [4.78, 5) is 24.8. The van der Waals surface area contributed by atoms with E-state index in [4.69, 9.17) is 4.74 Å². The molecular weight excluding hydrogens is 316 g/mol. The minimum Gasteiger partial charge on any atom is -0.385 e. The number of hydrogen-bond acceptors (Lipinski definition) is 3. The first-order valence-electron chi connectivity index (χ1n) is 9.16. The van der Waals surface area contributed by atoms with Gasteiger partial charge in [-0.15, -0.1) is 0 Å². The lowest BCUT2D eigenvalue weighted by Gasteiger charge is -2.21. The summed E-state index contributed by atoms with van der Waals surface area (Å²) in [6.45, 7) is 7.15. The van der Waals surface area contributed by atoms with Crippen molar-refractivity contribution in [3.63, 3.8) is 0 Å². The quantitative estimate of drug-likeness (QED) is 0.604. The van der Waals surface area contributed by atoms with Crippen molar-refractivity contribution in [2.24, 2.45) is 5.92 Å². The van der Waals surface area contributed by atoms with Gasteiger partial charge in [0.05, 0.1) is 0 Å². The summed E-state index contributed by atoms with van der Waals surface area (Å²) in [6, 6.07) is 7.08. The first-order chi connectivity index (χ1) is 12.0. The molecule has 5 nitrogen and oxygen atoms in total. The molecule has 0 saturated carbocycles. The highest BCUT2D eigenvalue weighted by molar-refractivity contribution is 5.97. The van der Waals surface area contributed by atoms with Crippen molar-refractivity contribution in [3.05, 3.63) is 35.4 Å². The standard InChI is InChI=1S/C20H32N2O3/c1-5-6-8-16-9-11-17(12-10-16)19(23)22-18(15(2)3)20(24)21-13-7-14-25-4/h9-12,15,18H,5-8,13-14H2,1-4H3,(H,21,24)(H,22,23)/t18-/m0/s1. The van der Waals surface area contributed by atoms with Crippen LogP contribution in [0.15, 0.2) is 24.3 Å². The summed E-state index contributed by atoms with van der Waals surface area (Å²) in [6.07, 6.45) is 4.07. The molecule has 1 aromatic rings. The Bertz CT molecular complexity index is 526. The molecule has 0 saturated heterocycles. The largest absolute Gasteiger partial charge is 0.385 e. The topological polar surface area (TPSA) is 67.4 Å². The highest BCUT2D eigenvalue weighted by Crippen LogP contribution is 2.09. The minimum absolute atomic E-state index is 0.00945. The third-order valence-corrected chi connectivity index (χ3v) is 4.10. The van der Waals surface area contributed by atoms with Crippen LogP contribution in [0.25, 0.3) is 0 Å². The van der Waals surface area contributed by atoms with Gasteiger partial charge < -0.3 is 15.4 Å². The Kier molecular flexibility index (Phi) is 9.85. The number of benzene rings is 1. The first-order valence-corrected chi connectivity index (χ1v) is 9.16. The summed E-state index contributed by atoms with van der Waals surface area (Å²) >= 11 is 0. The summed E-state index contributed by atoms with van der Waals surface area (Å²) < 4.78 is 4.97. The van der Waals surface area contributed by atoms with E-state index in [9.17, 15) is 9.59 Å². The lowest BCUT2D eigenvalue weighted by molar-refractivity contribution is -0.123. The summed E-state index contributed by atoms with van der Waals surface area (Å²) in [5.41, 5.74) is 1.81. The maximum absolute atomic E-state index is 12.5. The maximum atomic E-state index is 12.5. The zero-order chi connectivity index (χ0) is 18.7. The molecule has 0 aliphatic heterocycles. The summed E-state index contributed by atoms with van der Waals surface area (Å²) in [7, 11) is 1.63. The van der Waals surface area contributed by atoms with Gasteiger partial charge in [0.1, 0.15) is 6.04 Å². The van der Waals surface area contributed by atoms with Gasteiger partial charge in [0.25, 0.3) is 5.91 Å². The van der Waals surface area contributed by atoms with Crippen molar-refractivity contribution < 1.29 is 14.3 Å². The number of rotatable bonds is 11. The smallest absolute Gasteiger partial charge is 0.251 e. The molecule has 2 N–H and O–H groups in total. The molecule has 0 aromatic heterocycles. The molecule has 0 unspecified atom stereocenters. The first kappa shape index (κ1) is 21.2. The third kappa shape index (κ3) is 7.69. The van der Waals surface area contributed by atoms with E-state index in [1.54, 1.807) is 7.11 Å². The van der Waals surface area contributed by atoms with E-state index in [1.165, 1.54) is 5.56 Å². The van der Waals surface area contributed by atoms with Gasteiger partial charge in [-0.25, -0.2) is 0 Å². The Morgan fingerprint density at radius 3 is 2.36 bits per heavy atom. The van der Waals surface area contributed by atoms with Crippen LogP contribution < -0.4 is 10.6 Å². The van der Waals surface area contributed by atoms with Crippen LogP contribution in [0.4, 0.5) is 0 Å². The molecule has 0 spiro atoms. The number of nitrogens with one attached hydrogen (secondary N) is 2. The van der Waals surface area contributed by atoms with Crippen molar-refractivity contribution in [2.75, 3.05) is 20.3 Å². The zero-order valence-corrected chi connectivity index (χ0v) is 15.9. The molecule has 25 heavy (non-hydrogen) atoms. The van der Waals surface area contributed by atoms with E-state index < -0.39 is 6.04 Å². The minimum atomic E-state index is -0.546. The van der Waals surface area contributed by atoms with Gasteiger partial charge in [-0.1, -0.05) is 39.3 Å². The Morgan fingerprint density at radius 2 is 1.80 bits per heavy atom. The normalized spacial score (nSPS) is 12.0. The SMILES string of the molecule is CCCCc1ccc(C(=O)N[C@H](C(=O)NCCCOC)C(C)C)cc1. The van der Waals surface area contributed by atoms with Crippen LogP contribution in [0.1, 0.15) is 56.0 Å². The molecule has 0 heterocycles. The molecule has 0 bridgehead atoms. The highest BCUT2D eigenvalue weighted by atomic mass is 16.5. The van der Waals surface area contributed by atoms with E-state index in [0.717, 1.165) is 25.7 Å². The van der Waals surface area contributed by atoms with Gasteiger partial charge in [-0.3, -0.25) is 9.59 Å². The number of carbonyl (C=O) groups is 2. The van der Waals surface area contributed by atoms with Gasteiger partial charge in [-0.2, -0.15) is 0 Å². The van der Waals surface area contributed by atoms with E-state index in [-0.39, 0.29) is 17.7 Å². The Hall–Kier alpha value is -1.88. The molecule has 2 amide bonds. The van der Waals surface area contributed by atoms with E-state index in [0.29, 0.717) is 18.7 Å². The molecule has 0 radical (unpaired) electrons. The van der Waals surface area contributed by atoms with Crippen molar-refractivity contribution in [3.8, 4) is 0 Å². The maximum Gasteiger partial charge on any atom is 0.251 e. The van der Waals surface area contributed by atoms with Crippen LogP contribution in [0.5, 0.6) is 0 Å². The van der Waals surface area contributed by atoms with Crippen LogP contribution in [0.3, 0.4) is 0 Å². The molecule has 140 valence electrons. The van der Waals surface area contributed by atoms with Gasteiger partial charge >= 0.3 is 0 Å².